The maximum absolute atomic E-state index is 9.69. The van der Waals surface area contributed by atoms with Crippen molar-refractivity contribution in [3.8, 4) is 0 Å². The van der Waals surface area contributed by atoms with E-state index >= 15 is 0 Å². The first kappa shape index (κ1) is 12.0. The molecule has 3 nitrogen and oxygen atoms in total. The van der Waals surface area contributed by atoms with Gasteiger partial charge in [-0.3, -0.25) is 4.79 Å². The number of rotatable bonds is 2. The third-order valence-electron chi connectivity index (χ3n) is 0.481. The zero-order valence-corrected chi connectivity index (χ0v) is 9.80. The van der Waals surface area contributed by atoms with Crippen LogP contribution in [0.1, 0.15) is 0 Å². The third-order valence-corrected chi connectivity index (χ3v) is 0.846. The van der Waals surface area contributed by atoms with Gasteiger partial charge in [-0.1, -0.05) is 0 Å². The summed E-state index contributed by atoms with van der Waals surface area (Å²) in [6, 6.07) is -1.07. The molecule has 5 heteroatoms. The van der Waals surface area contributed by atoms with Crippen LogP contribution in [0.25, 0.3) is 5.73 Å². The number of carbonyl (C=O) groups is 1. The summed E-state index contributed by atoms with van der Waals surface area (Å²) in [5.74, 6) is -1.04. The zero-order chi connectivity index (χ0) is 5.86. The number of nitrogens with one attached hydrogen (secondary N) is 1. The molecule has 1 atom stereocenters. The maximum Gasteiger partial charge on any atom is 0.286 e. The van der Waals surface area contributed by atoms with Crippen molar-refractivity contribution in [3.05, 3.63) is 5.73 Å². The summed E-state index contributed by atoms with van der Waals surface area (Å²) in [6.45, 7) is 0. The van der Waals surface area contributed by atoms with Crippen LogP contribution in [0.2, 0.25) is 0 Å². The number of carboxylic acid groups (broad SMARTS) is 1. The Hall–Kier alpha value is 1.22. The van der Waals surface area contributed by atoms with Crippen molar-refractivity contribution in [3.63, 3.8) is 0 Å². The van der Waals surface area contributed by atoms with Crippen LogP contribution in [0.15, 0.2) is 0 Å². The van der Waals surface area contributed by atoms with Crippen LogP contribution in [0.4, 0.5) is 0 Å². The van der Waals surface area contributed by atoms with E-state index in [-0.39, 0.29) is 49.8 Å². The molecule has 45 valence electrons. The van der Waals surface area contributed by atoms with E-state index in [9.17, 15) is 4.79 Å². The molecule has 0 fully saturated rings. The first-order valence-corrected chi connectivity index (χ1v) is 2.36. The predicted octanol–water partition coefficient (Wildman–Crippen LogP) is 0.422. The molecule has 0 aliphatic rings. The Labute approximate surface area is 89.0 Å². The second-order valence-electron chi connectivity index (χ2n) is 1.07. The van der Waals surface area contributed by atoms with Crippen molar-refractivity contribution < 1.29 is 54.0 Å². The molecule has 1 radical (unpaired) electrons. The molecule has 0 bridgehead atoms. The van der Waals surface area contributed by atoms with Crippen LogP contribution in [-0.4, -0.2) is 22.9 Å². The van der Waals surface area contributed by atoms with Gasteiger partial charge in [-0.25, -0.2) is 0 Å². The Morgan fingerprint density at radius 3 is 2.25 bits per heavy atom. The molecule has 0 aliphatic heterocycles. The minimum Gasteiger partial charge on any atom is -0.665 e. The average molecular weight is 347 g/mol. The molecule has 0 rings (SSSR count). The number of aliphatic carboxylic acids is 1. The zero-order valence-electron chi connectivity index (χ0n) is 4.16. The van der Waals surface area contributed by atoms with Crippen LogP contribution >= 0.6 is 12.6 Å². The fraction of sp³-hybridized carbons (Fsp3) is 0.667. The topological polar surface area (TPSA) is 61.1 Å². The van der Waals surface area contributed by atoms with Gasteiger partial charge in [0.05, 0.1) is 0 Å². The Morgan fingerprint density at radius 1 is 1.88 bits per heavy atom. The molecule has 8 heavy (non-hydrogen) atoms. The molecule has 2 N–H and O–H groups in total. The second-order valence-corrected chi connectivity index (χ2v) is 1.44. The fourth-order valence-corrected chi connectivity index (χ4v) is 0.234. The van der Waals surface area contributed by atoms with Gasteiger partial charge in [-0.15, -0.1) is 0 Å². The fourth-order valence-electron chi connectivity index (χ4n) is 0.0781. The molecular formula is C3H6AcNO2S-. The molecule has 0 saturated carbocycles. The number of hydrogen-bond acceptors (Lipinski definition) is 2. The SMILES string of the molecule is [Ac].[NH-]C(CS)C(=O)O. The van der Waals surface area contributed by atoms with Gasteiger partial charge in [-0.2, -0.15) is 12.6 Å². The monoisotopic (exact) mass is 347 g/mol. The van der Waals surface area contributed by atoms with Crippen molar-refractivity contribution in [1.29, 1.82) is 0 Å². The predicted molar refractivity (Wildman–Crippen MR) is 29.6 cm³/mol. The van der Waals surface area contributed by atoms with Crippen LogP contribution in [0, 0.1) is 44.1 Å². The van der Waals surface area contributed by atoms with Crippen molar-refractivity contribution >= 4 is 18.6 Å². The molecule has 0 heterocycles. The second kappa shape index (κ2) is 6.34. The molecule has 0 amide bonds. The van der Waals surface area contributed by atoms with Crippen LogP contribution < -0.4 is 0 Å². The molecule has 0 aromatic rings. The Bertz CT molecular complexity index is 79.7. The van der Waals surface area contributed by atoms with Crippen molar-refractivity contribution in [1.82, 2.24) is 0 Å². The summed E-state index contributed by atoms with van der Waals surface area (Å²) in [7, 11) is 0. The molecular weight excluding hydrogens is 341 g/mol. The van der Waals surface area contributed by atoms with Crippen LogP contribution in [-0.2, 0) is 4.79 Å². The summed E-state index contributed by atoms with van der Waals surface area (Å²) in [6.07, 6.45) is 0. The molecule has 0 aromatic carbocycles. The van der Waals surface area contributed by atoms with E-state index in [0.717, 1.165) is 0 Å². The normalized spacial score (nSPS) is 11.8. The van der Waals surface area contributed by atoms with Gasteiger partial charge < -0.3 is 10.8 Å². The summed E-state index contributed by atoms with van der Waals surface area (Å²) in [4.78, 5) is 9.69. The quantitative estimate of drug-likeness (QED) is 0.712. The minimum absolute atomic E-state index is 0. The van der Waals surface area contributed by atoms with Gasteiger partial charge in [0.2, 0.25) is 0 Å². The molecule has 0 aliphatic carbocycles. The molecule has 0 spiro atoms. The van der Waals surface area contributed by atoms with Gasteiger partial charge in [-0.05, 0) is 11.8 Å². The van der Waals surface area contributed by atoms with E-state index in [4.69, 9.17) is 10.8 Å². The standard InChI is InChI=1S/C3H6NO2S.Ac/c4-2(1-7)3(5)6;/h2,4,7H,1H2,(H,5,6);/q-1;. The van der Waals surface area contributed by atoms with E-state index < -0.39 is 12.0 Å². The average Bonchev–Trinajstić information content (AvgIpc) is 1.65. The summed E-state index contributed by atoms with van der Waals surface area (Å²) < 4.78 is 0. The van der Waals surface area contributed by atoms with Crippen molar-refractivity contribution in [2.45, 2.75) is 6.04 Å². The van der Waals surface area contributed by atoms with Gasteiger partial charge in [0.15, 0.2) is 0 Å². The summed E-state index contributed by atoms with van der Waals surface area (Å²) in [5, 5.41) is 7.95. The van der Waals surface area contributed by atoms with E-state index in [1.807, 2.05) is 0 Å². The van der Waals surface area contributed by atoms with Gasteiger partial charge in [0, 0.05) is 44.1 Å². The maximum atomic E-state index is 9.69. The van der Waals surface area contributed by atoms with Gasteiger partial charge in [0.1, 0.15) is 0 Å². The van der Waals surface area contributed by atoms with Gasteiger partial charge in [0.25, 0.3) is 5.97 Å². The van der Waals surface area contributed by atoms with E-state index in [0.29, 0.717) is 0 Å². The Morgan fingerprint density at radius 2 is 2.25 bits per heavy atom. The Kier molecular flexibility index (Phi) is 9.48. The third kappa shape index (κ3) is 5.36. The van der Waals surface area contributed by atoms with Crippen LogP contribution in [0.3, 0.4) is 0 Å². The summed E-state index contributed by atoms with van der Waals surface area (Å²) in [5.41, 5.74) is 6.60. The smallest absolute Gasteiger partial charge is 0.286 e. The van der Waals surface area contributed by atoms with E-state index in [2.05, 4.69) is 12.6 Å². The van der Waals surface area contributed by atoms with E-state index in [1.54, 1.807) is 0 Å². The summed E-state index contributed by atoms with van der Waals surface area (Å²) >= 11 is 3.59. The first-order chi connectivity index (χ1) is 3.18. The largest absolute Gasteiger partial charge is 0.665 e. The van der Waals surface area contributed by atoms with Crippen molar-refractivity contribution in [2.24, 2.45) is 0 Å². The Balaban J connectivity index is 0. The van der Waals surface area contributed by atoms with E-state index in [1.165, 1.54) is 0 Å². The molecule has 0 aromatic heterocycles. The number of carboxylic acids is 1. The van der Waals surface area contributed by atoms with Crippen LogP contribution in [0.5, 0.6) is 0 Å². The van der Waals surface area contributed by atoms with Gasteiger partial charge >= 0.3 is 0 Å². The molecule has 0 saturated heterocycles. The first-order valence-electron chi connectivity index (χ1n) is 1.73. The number of hydrogen-bond donors (Lipinski definition) is 2. The minimum atomic E-state index is -1.12. The van der Waals surface area contributed by atoms with Crippen molar-refractivity contribution in [2.75, 3.05) is 5.75 Å². The molecule has 1 unspecified atom stereocenters. The number of thiol groups is 1.